The Morgan fingerprint density at radius 3 is 2.14 bits per heavy atom. The van der Waals surface area contributed by atoms with Gasteiger partial charge >= 0.3 is 6.16 Å². The lowest BCUT2D eigenvalue weighted by molar-refractivity contribution is 0.0660. The Labute approximate surface area is 41.9 Å². The van der Waals surface area contributed by atoms with Gasteiger partial charge in [0.2, 0.25) is 0 Å². The fourth-order valence-electron chi connectivity index (χ4n) is 0.202. The molecule has 0 radical (unpaired) electrons. The second-order valence-electron chi connectivity index (χ2n) is 1.43. The molecule has 3 nitrogen and oxygen atoms in total. The van der Waals surface area contributed by atoms with E-state index in [1.807, 2.05) is 0 Å². The molecule has 0 saturated carbocycles. The predicted molar refractivity (Wildman–Crippen MR) is 24.2 cm³/mol. The van der Waals surface area contributed by atoms with E-state index in [1.165, 1.54) is 0 Å². The Bertz CT molecular complexity index is 67.3. The van der Waals surface area contributed by atoms with Gasteiger partial charge < -0.3 is 9.84 Å². The van der Waals surface area contributed by atoms with Crippen molar-refractivity contribution in [1.82, 2.24) is 0 Å². The number of carbonyl (C=O) groups is 1. The molecule has 0 heterocycles. The lowest BCUT2D eigenvalue weighted by Gasteiger charge is -1.99. The van der Waals surface area contributed by atoms with Crippen LogP contribution in [0.4, 0.5) is 4.79 Å². The van der Waals surface area contributed by atoms with E-state index in [9.17, 15) is 4.79 Å². The van der Waals surface area contributed by atoms with Crippen molar-refractivity contribution in [3.8, 4) is 0 Å². The fourth-order valence-corrected chi connectivity index (χ4v) is 0.202. The summed E-state index contributed by atoms with van der Waals surface area (Å²) in [6, 6.07) is 0. The molecule has 0 unspecified atom stereocenters. The molecular formula is C4H8O3. The van der Waals surface area contributed by atoms with E-state index < -0.39 is 6.16 Å². The first-order valence-electron chi connectivity index (χ1n) is 2.02. The summed E-state index contributed by atoms with van der Waals surface area (Å²) in [5, 5.41) is 7.86. The molecule has 0 atom stereocenters. The van der Waals surface area contributed by atoms with Gasteiger partial charge in [0.25, 0.3) is 0 Å². The first-order valence-corrected chi connectivity index (χ1v) is 2.02. The Balaban J connectivity index is 3.13. The normalized spacial score (nSPS) is 9.00. The Kier molecular flexibility index (Phi) is 2.19. The fraction of sp³-hybridized carbons (Fsp3) is 0.750. The average Bonchev–Trinajstić information content (AvgIpc) is 1.27. The first-order chi connectivity index (χ1) is 3.13. The number of rotatable bonds is 1. The third kappa shape index (κ3) is 5.27. The highest BCUT2D eigenvalue weighted by molar-refractivity contribution is 5.56. The van der Waals surface area contributed by atoms with E-state index in [4.69, 9.17) is 5.11 Å². The molecule has 0 rings (SSSR count). The molecule has 0 aliphatic heterocycles. The Morgan fingerprint density at radius 2 is 2.14 bits per heavy atom. The van der Waals surface area contributed by atoms with Crippen LogP contribution in [-0.2, 0) is 4.74 Å². The standard InChI is InChI=1S/C4H8O3/c1-3(2)7-4(5)6/h3H,1-2H3,(H,5,6). The minimum atomic E-state index is -1.21. The lowest BCUT2D eigenvalue weighted by atomic mass is 10.5. The van der Waals surface area contributed by atoms with E-state index in [2.05, 4.69) is 4.74 Å². The minimum Gasteiger partial charge on any atom is -0.450 e. The van der Waals surface area contributed by atoms with Crippen LogP contribution in [0.25, 0.3) is 0 Å². The van der Waals surface area contributed by atoms with Crippen LogP contribution in [0.15, 0.2) is 0 Å². The van der Waals surface area contributed by atoms with Crippen molar-refractivity contribution in [1.29, 1.82) is 0 Å². The maximum atomic E-state index is 9.59. The van der Waals surface area contributed by atoms with Gasteiger partial charge in [0.05, 0.1) is 6.10 Å². The zero-order valence-electron chi connectivity index (χ0n) is 4.34. The zero-order chi connectivity index (χ0) is 5.86. The highest BCUT2D eigenvalue weighted by atomic mass is 16.7. The van der Waals surface area contributed by atoms with Crippen molar-refractivity contribution in [3.63, 3.8) is 0 Å². The summed E-state index contributed by atoms with van der Waals surface area (Å²) in [4.78, 5) is 9.59. The molecule has 0 aliphatic carbocycles. The van der Waals surface area contributed by atoms with Gasteiger partial charge in [-0.15, -0.1) is 0 Å². The van der Waals surface area contributed by atoms with Gasteiger partial charge in [0, 0.05) is 0 Å². The van der Waals surface area contributed by atoms with Gasteiger partial charge in [-0.25, -0.2) is 4.79 Å². The molecule has 0 aromatic rings. The Hall–Kier alpha value is -0.730. The summed E-state index contributed by atoms with van der Waals surface area (Å²) in [6.07, 6.45) is -1.44. The van der Waals surface area contributed by atoms with Crippen LogP contribution in [0.3, 0.4) is 0 Å². The zero-order valence-corrected chi connectivity index (χ0v) is 4.34. The number of ether oxygens (including phenoxy) is 1. The highest BCUT2D eigenvalue weighted by Crippen LogP contribution is 1.85. The van der Waals surface area contributed by atoms with Crippen LogP contribution in [0, 0.1) is 0 Å². The summed E-state index contributed by atoms with van der Waals surface area (Å²) in [5.74, 6) is 0. The van der Waals surface area contributed by atoms with Gasteiger partial charge in [0.1, 0.15) is 0 Å². The number of hydrogen-bond acceptors (Lipinski definition) is 2. The second-order valence-corrected chi connectivity index (χ2v) is 1.43. The van der Waals surface area contributed by atoms with E-state index in [0.717, 1.165) is 0 Å². The van der Waals surface area contributed by atoms with Crippen LogP contribution in [0.5, 0.6) is 0 Å². The molecule has 0 amide bonds. The summed E-state index contributed by atoms with van der Waals surface area (Å²) in [7, 11) is 0. The third-order valence-corrected chi connectivity index (χ3v) is 0.337. The molecule has 0 aliphatic rings. The summed E-state index contributed by atoms with van der Waals surface area (Å²) in [6.45, 7) is 3.32. The smallest absolute Gasteiger partial charge is 0.450 e. The molecule has 0 aromatic heterocycles. The first kappa shape index (κ1) is 6.27. The molecule has 0 aromatic carbocycles. The van der Waals surface area contributed by atoms with E-state index >= 15 is 0 Å². The number of carboxylic acid groups (broad SMARTS) is 1. The van der Waals surface area contributed by atoms with Crippen LogP contribution >= 0.6 is 0 Å². The van der Waals surface area contributed by atoms with Crippen LogP contribution in [0.1, 0.15) is 13.8 Å². The number of hydrogen-bond donors (Lipinski definition) is 1. The van der Waals surface area contributed by atoms with Crippen molar-refractivity contribution < 1.29 is 14.6 Å². The summed E-state index contributed by atoms with van der Waals surface area (Å²) in [5.41, 5.74) is 0. The second kappa shape index (κ2) is 2.44. The third-order valence-electron chi connectivity index (χ3n) is 0.337. The van der Waals surface area contributed by atoms with Crippen molar-refractivity contribution >= 4 is 6.16 Å². The SMILES string of the molecule is CC(C)OC(=O)O. The molecule has 0 saturated heterocycles. The van der Waals surface area contributed by atoms with E-state index in [1.54, 1.807) is 13.8 Å². The molecule has 0 bridgehead atoms. The van der Waals surface area contributed by atoms with Gasteiger partial charge in [-0.2, -0.15) is 0 Å². The quantitative estimate of drug-likeness (QED) is 0.506. The molecule has 7 heavy (non-hydrogen) atoms. The monoisotopic (exact) mass is 104 g/mol. The van der Waals surface area contributed by atoms with Gasteiger partial charge in [-0.05, 0) is 13.8 Å². The molecular weight excluding hydrogens is 96.0 g/mol. The topological polar surface area (TPSA) is 46.5 Å². The highest BCUT2D eigenvalue weighted by Gasteiger charge is 1.97. The maximum absolute atomic E-state index is 9.59. The molecule has 3 heteroatoms. The van der Waals surface area contributed by atoms with Gasteiger partial charge in [-0.1, -0.05) is 0 Å². The van der Waals surface area contributed by atoms with Crippen molar-refractivity contribution in [2.45, 2.75) is 20.0 Å². The lowest BCUT2D eigenvalue weighted by Crippen LogP contribution is -2.07. The van der Waals surface area contributed by atoms with Crippen LogP contribution in [0.2, 0.25) is 0 Å². The van der Waals surface area contributed by atoms with E-state index in [0.29, 0.717) is 0 Å². The van der Waals surface area contributed by atoms with Gasteiger partial charge in [-0.3, -0.25) is 0 Å². The molecule has 42 valence electrons. The largest absolute Gasteiger partial charge is 0.506 e. The van der Waals surface area contributed by atoms with Crippen LogP contribution < -0.4 is 0 Å². The Morgan fingerprint density at radius 1 is 1.71 bits per heavy atom. The summed E-state index contributed by atoms with van der Waals surface area (Å²) < 4.78 is 4.17. The average molecular weight is 104 g/mol. The van der Waals surface area contributed by atoms with Crippen molar-refractivity contribution in [2.24, 2.45) is 0 Å². The minimum absolute atomic E-state index is 0.225. The van der Waals surface area contributed by atoms with Crippen molar-refractivity contribution in [3.05, 3.63) is 0 Å². The molecule has 1 N–H and O–H groups in total. The molecule has 0 fully saturated rings. The van der Waals surface area contributed by atoms with Crippen molar-refractivity contribution in [2.75, 3.05) is 0 Å². The summed E-state index contributed by atoms with van der Waals surface area (Å²) >= 11 is 0. The predicted octanol–water partition coefficient (Wildman–Crippen LogP) is 1.09. The maximum Gasteiger partial charge on any atom is 0.506 e. The van der Waals surface area contributed by atoms with E-state index in [-0.39, 0.29) is 6.10 Å². The van der Waals surface area contributed by atoms with Crippen LogP contribution in [-0.4, -0.2) is 17.4 Å². The van der Waals surface area contributed by atoms with Gasteiger partial charge in [0.15, 0.2) is 0 Å². The molecule has 0 spiro atoms.